The number of rotatable bonds is 4. The third-order valence-electron chi connectivity index (χ3n) is 5.67. The highest BCUT2D eigenvalue weighted by atomic mass is 16.1. The molecule has 2 saturated heterocycles. The average molecular weight is 380 g/mol. The molecule has 0 N–H and O–H groups in total. The van der Waals surface area contributed by atoms with Gasteiger partial charge in [-0.2, -0.15) is 0 Å². The van der Waals surface area contributed by atoms with Gasteiger partial charge in [-0.25, -0.2) is 9.97 Å². The molecule has 2 aromatic rings. The minimum Gasteiger partial charge on any atom is -0.354 e. The molecule has 0 bridgehead atoms. The molecule has 0 unspecified atom stereocenters. The zero-order valence-electron chi connectivity index (χ0n) is 16.7. The molecule has 2 fully saturated rings. The molecule has 0 atom stereocenters. The molecule has 0 aromatic carbocycles. The monoisotopic (exact) mass is 380 g/mol. The molecule has 0 aliphatic carbocycles. The van der Waals surface area contributed by atoms with E-state index in [0.717, 1.165) is 64.0 Å². The zero-order valence-corrected chi connectivity index (χ0v) is 16.7. The fourth-order valence-corrected chi connectivity index (χ4v) is 3.65. The lowest BCUT2D eigenvalue weighted by molar-refractivity contribution is 0.103. The van der Waals surface area contributed by atoms with E-state index in [0.29, 0.717) is 11.1 Å². The largest absolute Gasteiger partial charge is 0.354 e. The van der Waals surface area contributed by atoms with Crippen molar-refractivity contribution in [1.29, 1.82) is 0 Å². The maximum absolute atomic E-state index is 12.8. The van der Waals surface area contributed by atoms with Crippen molar-refractivity contribution < 1.29 is 4.79 Å². The first-order valence-electron chi connectivity index (χ1n) is 9.94. The van der Waals surface area contributed by atoms with Gasteiger partial charge in [0, 0.05) is 75.9 Å². The molecule has 148 valence electrons. The van der Waals surface area contributed by atoms with Crippen LogP contribution in [-0.4, -0.2) is 92.0 Å². The van der Waals surface area contributed by atoms with Crippen LogP contribution in [0.15, 0.2) is 36.7 Å². The van der Waals surface area contributed by atoms with Crippen LogP contribution in [0.2, 0.25) is 0 Å². The van der Waals surface area contributed by atoms with Crippen LogP contribution in [0, 0.1) is 0 Å². The Hall–Kier alpha value is -2.51. The summed E-state index contributed by atoms with van der Waals surface area (Å²) in [5.41, 5.74) is 1.21. The van der Waals surface area contributed by atoms with Gasteiger partial charge in [-0.3, -0.25) is 4.79 Å². The van der Waals surface area contributed by atoms with Gasteiger partial charge in [0.05, 0.1) is 0 Å². The van der Waals surface area contributed by atoms with Crippen molar-refractivity contribution in [2.45, 2.75) is 0 Å². The lowest BCUT2D eigenvalue weighted by atomic mass is 10.1. The summed E-state index contributed by atoms with van der Waals surface area (Å²) in [6.45, 7) is 8.01. The smallest absolute Gasteiger partial charge is 0.196 e. The first kappa shape index (κ1) is 18.8. The lowest BCUT2D eigenvalue weighted by Gasteiger charge is -2.33. The standard InChI is InChI=1S/C21H28N6O/c1-24-7-11-26(12-8-24)19-5-3-17(15-22-19)21(28)18-4-6-20(23-16-18)27-13-9-25(2)10-14-27/h3-6,15-16H,7-14H2,1-2H3. The van der Waals surface area contributed by atoms with Crippen molar-refractivity contribution in [1.82, 2.24) is 19.8 Å². The highest BCUT2D eigenvalue weighted by Crippen LogP contribution is 2.18. The van der Waals surface area contributed by atoms with Gasteiger partial charge in [0.1, 0.15) is 11.6 Å². The average Bonchev–Trinajstić information content (AvgIpc) is 2.75. The van der Waals surface area contributed by atoms with Crippen molar-refractivity contribution in [3.63, 3.8) is 0 Å². The van der Waals surface area contributed by atoms with Crippen molar-refractivity contribution in [2.24, 2.45) is 0 Å². The van der Waals surface area contributed by atoms with Crippen LogP contribution in [0.3, 0.4) is 0 Å². The summed E-state index contributed by atoms with van der Waals surface area (Å²) < 4.78 is 0. The number of hydrogen-bond acceptors (Lipinski definition) is 7. The fourth-order valence-electron chi connectivity index (χ4n) is 3.65. The Bertz CT molecular complexity index is 723. The van der Waals surface area contributed by atoms with Gasteiger partial charge >= 0.3 is 0 Å². The number of nitrogens with zero attached hydrogens (tertiary/aromatic N) is 6. The first-order chi connectivity index (χ1) is 13.6. The molecule has 7 heteroatoms. The third kappa shape index (κ3) is 4.15. The van der Waals surface area contributed by atoms with E-state index in [1.165, 1.54) is 0 Å². The van der Waals surface area contributed by atoms with Crippen LogP contribution in [0.4, 0.5) is 11.6 Å². The molecular weight excluding hydrogens is 352 g/mol. The molecule has 2 aromatic heterocycles. The van der Waals surface area contributed by atoms with E-state index in [1.807, 2.05) is 24.3 Å². The maximum Gasteiger partial charge on any atom is 0.196 e. The number of pyridine rings is 2. The number of piperazine rings is 2. The van der Waals surface area contributed by atoms with E-state index < -0.39 is 0 Å². The Balaban J connectivity index is 1.41. The van der Waals surface area contributed by atoms with Crippen molar-refractivity contribution in [3.8, 4) is 0 Å². The number of carbonyl (C=O) groups excluding carboxylic acids is 1. The van der Waals surface area contributed by atoms with E-state index in [9.17, 15) is 4.79 Å². The van der Waals surface area contributed by atoms with Gasteiger partial charge in [0.25, 0.3) is 0 Å². The van der Waals surface area contributed by atoms with Gasteiger partial charge in [-0.15, -0.1) is 0 Å². The van der Waals surface area contributed by atoms with Crippen molar-refractivity contribution in [2.75, 3.05) is 76.3 Å². The molecule has 0 saturated carbocycles. The van der Waals surface area contributed by atoms with Gasteiger partial charge in [0.2, 0.25) is 0 Å². The van der Waals surface area contributed by atoms with Gasteiger partial charge in [0.15, 0.2) is 5.78 Å². The quantitative estimate of drug-likeness (QED) is 0.739. The molecule has 4 heterocycles. The topological polar surface area (TPSA) is 55.8 Å². The van der Waals surface area contributed by atoms with E-state index in [4.69, 9.17) is 0 Å². The highest BCUT2D eigenvalue weighted by Gasteiger charge is 2.18. The summed E-state index contributed by atoms with van der Waals surface area (Å²) in [4.78, 5) is 31.0. The SMILES string of the molecule is CN1CCN(c2ccc(C(=O)c3ccc(N4CCN(C)CC4)nc3)cn2)CC1. The third-order valence-corrected chi connectivity index (χ3v) is 5.67. The zero-order chi connectivity index (χ0) is 19.5. The number of anilines is 2. The van der Waals surface area contributed by atoms with Crippen molar-refractivity contribution >= 4 is 17.4 Å². The Morgan fingerprint density at radius 3 is 1.39 bits per heavy atom. The van der Waals surface area contributed by atoms with Gasteiger partial charge in [-0.1, -0.05) is 0 Å². The van der Waals surface area contributed by atoms with E-state index in [1.54, 1.807) is 12.4 Å². The summed E-state index contributed by atoms with van der Waals surface area (Å²) in [6.07, 6.45) is 3.37. The Morgan fingerprint density at radius 2 is 1.07 bits per heavy atom. The fraction of sp³-hybridized carbons (Fsp3) is 0.476. The summed E-state index contributed by atoms with van der Waals surface area (Å²) in [5, 5.41) is 0. The van der Waals surface area contributed by atoms with E-state index in [-0.39, 0.29) is 5.78 Å². The number of ketones is 1. The lowest BCUT2D eigenvalue weighted by Crippen LogP contribution is -2.44. The highest BCUT2D eigenvalue weighted by molar-refractivity contribution is 6.08. The number of aromatic nitrogens is 2. The van der Waals surface area contributed by atoms with Crippen LogP contribution in [0.5, 0.6) is 0 Å². The molecular formula is C21H28N6O. The second kappa shape index (κ2) is 8.24. The first-order valence-corrected chi connectivity index (χ1v) is 9.94. The van der Waals surface area contributed by atoms with Crippen LogP contribution >= 0.6 is 0 Å². The number of likely N-dealkylation sites (N-methyl/N-ethyl adjacent to an activating group) is 2. The summed E-state index contributed by atoms with van der Waals surface area (Å²) in [7, 11) is 4.27. The van der Waals surface area contributed by atoms with Gasteiger partial charge in [-0.05, 0) is 38.4 Å². The summed E-state index contributed by atoms with van der Waals surface area (Å²) in [5.74, 6) is 1.84. The minimum atomic E-state index is -0.0325. The Kier molecular flexibility index (Phi) is 5.54. The molecule has 7 nitrogen and oxygen atoms in total. The second-order valence-electron chi connectivity index (χ2n) is 7.72. The number of hydrogen-bond donors (Lipinski definition) is 0. The summed E-state index contributed by atoms with van der Waals surface area (Å²) in [6, 6.07) is 7.64. The molecule has 4 rings (SSSR count). The Morgan fingerprint density at radius 1 is 0.679 bits per heavy atom. The van der Waals surface area contributed by atoms with Crippen LogP contribution < -0.4 is 9.80 Å². The predicted octanol–water partition coefficient (Wildman–Crippen LogP) is 1.21. The minimum absolute atomic E-state index is 0.0325. The molecule has 28 heavy (non-hydrogen) atoms. The van der Waals surface area contributed by atoms with E-state index >= 15 is 0 Å². The second-order valence-corrected chi connectivity index (χ2v) is 7.72. The van der Waals surface area contributed by atoms with E-state index in [2.05, 4.69) is 43.7 Å². The van der Waals surface area contributed by atoms with Crippen molar-refractivity contribution in [3.05, 3.63) is 47.8 Å². The molecule has 0 amide bonds. The number of carbonyl (C=O) groups is 1. The summed E-state index contributed by atoms with van der Waals surface area (Å²) >= 11 is 0. The molecule has 2 aliphatic rings. The molecule has 0 radical (unpaired) electrons. The van der Waals surface area contributed by atoms with Crippen LogP contribution in [0.25, 0.3) is 0 Å². The molecule has 2 aliphatic heterocycles. The Labute approximate surface area is 166 Å². The predicted molar refractivity (Wildman–Crippen MR) is 111 cm³/mol. The normalized spacial score (nSPS) is 19.1. The van der Waals surface area contributed by atoms with Crippen LogP contribution in [0.1, 0.15) is 15.9 Å². The maximum atomic E-state index is 12.8. The van der Waals surface area contributed by atoms with Gasteiger partial charge < -0.3 is 19.6 Å². The van der Waals surface area contributed by atoms with Crippen LogP contribution in [-0.2, 0) is 0 Å². The molecule has 0 spiro atoms.